The van der Waals surface area contributed by atoms with Crippen LogP contribution < -0.4 is 4.74 Å². The lowest BCUT2D eigenvalue weighted by molar-refractivity contribution is 0.478. The van der Waals surface area contributed by atoms with Crippen molar-refractivity contribution >= 4 is 22.5 Å². The summed E-state index contributed by atoms with van der Waals surface area (Å²) in [7, 11) is 0. The summed E-state index contributed by atoms with van der Waals surface area (Å²) in [5.41, 5.74) is 3.21. The highest BCUT2D eigenvalue weighted by Crippen LogP contribution is 2.26. The van der Waals surface area contributed by atoms with Crippen molar-refractivity contribution < 1.29 is 4.74 Å². The molecule has 2 nitrogen and oxygen atoms in total. The van der Waals surface area contributed by atoms with Gasteiger partial charge in [0.1, 0.15) is 10.8 Å². The van der Waals surface area contributed by atoms with Gasteiger partial charge in [-0.15, -0.1) is 0 Å². The van der Waals surface area contributed by atoms with Crippen LogP contribution in [-0.2, 0) is 6.42 Å². The molecule has 0 aromatic heterocycles. The third kappa shape index (κ3) is 5.87. The predicted octanol–water partition coefficient (Wildman–Crippen LogP) is 7.05. The summed E-state index contributed by atoms with van der Waals surface area (Å²) < 4.78 is 5.87. The summed E-state index contributed by atoms with van der Waals surface area (Å²) in [6, 6.07) is 28.4. The van der Waals surface area contributed by atoms with E-state index in [4.69, 9.17) is 9.73 Å². The van der Waals surface area contributed by atoms with E-state index in [2.05, 4.69) is 31.2 Å². The number of hydrogen-bond donors (Lipinski definition) is 0. The van der Waals surface area contributed by atoms with E-state index in [-0.39, 0.29) is 0 Å². The predicted molar refractivity (Wildman–Crippen MR) is 116 cm³/mol. The van der Waals surface area contributed by atoms with Crippen LogP contribution in [0.4, 0.5) is 5.69 Å². The van der Waals surface area contributed by atoms with Crippen molar-refractivity contribution in [2.75, 3.05) is 0 Å². The molecule has 0 aliphatic carbocycles. The molecule has 0 spiro atoms. The van der Waals surface area contributed by atoms with Crippen LogP contribution >= 0.6 is 11.8 Å². The van der Waals surface area contributed by atoms with Crippen molar-refractivity contribution in [1.29, 1.82) is 0 Å². The Morgan fingerprint density at radius 2 is 1.52 bits per heavy atom. The average Bonchev–Trinajstić information content (AvgIpc) is 2.73. The first-order valence-electron chi connectivity index (χ1n) is 9.04. The number of ether oxygens (including phenoxy) is 1. The minimum absolute atomic E-state index is 0.829. The van der Waals surface area contributed by atoms with Crippen LogP contribution in [0.25, 0.3) is 0 Å². The molecule has 0 saturated carbocycles. The molecule has 0 fully saturated rings. The maximum absolute atomic E-state index is 5.87. The SMILES string of the molecule is CCc1ccc(O/C=C(C)/C(=N/c2ccccc2)Sc2ccccc2)cc1. The smallest absolute Gasteiger partial charge is 0.126 e. The highest BCUT2D eigenvalue weighted by molar-refractivity contribution is 8.14. The standard InChI is InChI=1S/C24H23NOS/c1-3-20-14-16-22(17-15-20)26-18-19(2)24(25-21-10-6-4-7-11-21)27-23-12-8-5-9-13-23/h4-18H,3H2,1-2H3/b19-18+,25-24-. The number of thioether (sulfide) groups is 1. The second kappa shape index (κ2) is 9.79. The zero-order chi connectivity index (χ0) is 18.9. The summed E-state index contributed by atoms with van der Waals surface area (Å²) in [6.45, 7) is 4.17. The fourth-order valence-corrected chi connectivity index (χ4v) is 3.30. The summed E-state index contributed by atoms with van der Waals surface area (Å²) in [5, 5.41) is 0.914. The Balaban J connectivity index is 1.82. The molecule has 3 aromatic rings. The quantitative estimate of drug-likeness (QED) is 0.200. The number of nitrogens with zero attached hydrogens (tertiary/aromatic N) is 1. The Morgan fingerprint density at radius 3 is 2.15 bits per heavy atom. The summed E-state index contributed by atoms with van der Waals surface area (Å²) >= 11 is 1.63. The maximum Gasteiger partial charge on any atom is 0.126 e. The number of para-hydroxylation sites is 1. The van der Waals surface area contributed by atoms with Crippen molar-refractivity contribution in [3.8, 4) is 5.75 Å². The summed E-state index contributed by atoms with van der Waals surface area (Å²) in [6.07, 6.45) is 2.80. The number of aryl methyl sites for hydroxylation is 1. The summed E-state index contributed by atoms with van der Waals surface area (Å²) in [4.78, 5) is 5.97. The van der Waals surface area contributed by atoms with Gasteiger partial charge in [-0.3, -0.25) is 0 Å². The minimum Gasteiger partial charge on any atom is -0.465 e. The van der Waals surface area contributed by atoms with Gasteiger partial charge in [-0.2, -0.15) is 0 Å². The third-order valence-electron chi connectivity index (χ3n) is 3.99. The monoisotopic (exact) mass is 373 g/mol. The normalized spacial score (nSPS) is 12.1. The van der Waals surface area contributed by atoms with Crippen LogP contribution in [0.3, 0.4) is 0 Å². The van der Waals surface area contributed by atoms with Crippen LogP contribution in [0.2, 0.25) is 0 Å². The van der Waals surface area contributed by atoms with Crippen molar-refractivity contribution in [3.05, 3.63) is 102 Å². The van der Waals surface area contributed by atoms with Crippen LogP contribution in [0.5, 0.6) is 5.75 Å². The maximum atomic E-state index is 5.87. The molecule has 0 amide bonds. The number of hydrogen-bond acceptors (Lipinski definition) is 3. The number of benzene rings is 3. The highest BCUT2D eigenvalue weighted by atomic mass is 32.2. The van der Waals surface area contributed by atoms with Crippen LogP contribution in [0, 0.1) is 0 Å². The van der Waals surface area contributed by atoms with Crippen LogP contribution in [0.1, 0.15) is 19.4 Å². The molecular formula is C24H23NOS. The van der Waals surface area contributed by atoms with E-state index in [9.17, 15) is 0 Å². The van der Waals surface area contributed by atoms with E-state index >= 15 is 0 Å². The Kier molecular flexibility index (Phi) is 6.89. The second-order valence-corrected chi connectivity index (χ2v) is 7.15. The molecule has 0 atom stereocenters. The number of rotatable bonds is 6. The second-order valence-electron chi connectivity index (χ2n) is 6.08. The van der Waals surface area contributed by atoms with E-state index in [0.29, 0.717) is 0 Å². The largest absolute Gasteiger partial charge is 0.465 e. The van der Waals surface area contributed by atoms with Gasteiger partial charge in [0.05, 0.1) is 11.9 Å². The third-order valence-corrected chi connectivity index (χ3v) is 5.10. The molecule has 0 radical (unpaired) electrons. The lowest BCUT2D eigenvalue weighted by atomic mass is 10.2. The fraction of sp³-hybridized carbons (Fsp3) is 0.125. The van der Waals surface area contributed by atoms with Gasteiger partial charge >= 0.3 is 0 Å². The lowest BCUT2D eigenvalue weighted by Crippen LogP contribution is -1.97. The molecular weight excluding hydrogens is 350 g/mol. The molecule has 0 saturated heterocycles. The van der Waals surface area contributed by atoms with Gasteiger partial charge in [0, 0.05) is 10.5 Å². The minimum atomic E-state index is 0.829. The van der Waals surface area contributed by atoms with E-state index in [1.807, 2.05) is 67.6 Å². The van der Waals surface area contributed by atoms with Gasteiger partial charge in [-0.25, -0.2) is 4.99 Å². The first kappa shape index (κ1) is 19.0. The van der Waals surface area contributed by atoms with Gasteiger partial charge in [0.15, 0.2) is 0 Å². The van der Waals surface area contributed by atoms with E-state index in [1.165, 1.54) is 5.56 Å². The molecule has 136 valence electrons. The van der Waals surface area contributed by atoms with Crippen LogP contribution in [0.15, 0.2) is 107 Å². The van der Waals surface area contributed by atoms with Gasteiger partial charge in [-0.05, 0) is 55.3 Å². The summed E-state index contributed by atoms with van der Waals surface area (Å²) in [5.74, 6) is 0.829. The van der Waals surface area contributed by atoms with Gasteiger partial charge < -0.3 is 4.74 Å². The first-order chi connectivity index (χ1) is 13.2. The Hall–Kier alpha value is -2.78. The van der Waals surface area contributed by atoms with E-state index in [0.717, 1.165) is 33.4 Å². The lowest BCUT2D eigenvalue weighted by Gasteiger charge is -2.08. The zero-order valence-electron chi connectivity index (χ0n) is 15.6. The molecule has 27 heavy (non-hydrogen) atoms. The Labute approximate surface area is 165 Å². The Bertz CT molecular complexity index is 900. The van der Waals surface area contributed by atoms with Gasteiger partial charge in [-0.1, -0.05) is 67.2 Å². The van der Waals surface area contributed by atoms with Gasteiger partial charge in [0.2, 0.25) is 0 Å². The van der Waals surface area contributed by atoms with Crippen LogP contribution in [-0.4, -0.2) is 5.04 Å². The molecule has 3 heteroatoms. The highest BCUT2D eigenvalue weighted by Gasteiger charge is 2.07. The molecule has 0 unspecified atom stereocenters. The van der Waals surface area contributed by atoms with Crippen molar-refractivity contribution in [1.82, 2.24) is 0 Å². The van der Waals surface area contributed by atoms with Gasteiger partial charge in [0.25, 0.3) is 0 Å². The number of aliphatic imine (C=N–C) groups is 1. The topological polar surface area (TPSA) is 21.6 Å². The first-order valence-corrected chi connectivity index (χ1v) is 9.85. The molecule has 0 aliphatic heterocycles. The molecule has 0 N–H and O–H groups in total. The molecule has 0 bridgehead atoms. The Morgan fingerprint density at radius 1 is 0.889 bits per heavy atom. The zero-order valence-corrected chi connectivity index (χ0v) is 16.4. The average molecular weight is 374 g/mol. The molecule has 3 aromatic carbocycles. The van der Waals surface area contributed by atoms with E-state index in [1.54, 1.807) is 18.0 Å². The van der Waals surface area contributed by atoms with E-state index < -0.39 is 0 Å². The fourth-order valence-electron chi connectivity index (χ4n) is 2.42. The molecule has 3 rings (SSSR count). The molecule has 0 aliphatic rings. The van der Waals surface area contributed by atoms with Crippen molar-refractivity contribution in [2.24, 2.45) is 4.99 Å². The van der Waals surface area contributed by atoms with Crippen molar-refractivity contribution in [2.45, 2.75) is 25.2 Å². The van der Waals surface area contributed by atoms with Crippen molar-refractivity contribution in [3.63, 3.8) is 0 Å². The molecule has 0 heterocycles.